The average molecular weight is 248 g/mol. The summed E-state index contributed by atoms with van der Waals surface area (Å²) in [6, 6.07) is 6.10. The molecule has 0 aliphatic heterocycles. The third-order valence-corrected chi connectivity index (χ3v) is 3.07. The van der Waals surface area contributed by atoms with Crippen molar-refractivity contribution in [1.29, 1.82) is 0 Å². The van der Waals surface area contributed by atoms with Gasteiger partial charge in [0.05, 0.1) is 6.10 Å². The molecule has 5 nitrogen and oxygen atoms in total. The number of primary amides is 1. The highest BCUT2D eigenvalue weighted by atomic mass is 16.3. The molecule has 0 spiro atoms. The first-order valence-corrected chi connectivity index (χ1v) is 5.94. The van der Waals surface area contributed by atoms with Gasteiger partial charge >= 0.3 is 0 Å². The number of aliphatic hydroxyl groups is 1. The van der Waals surface area contributed by atoms with E-state index in [1.54, 1.807) is 12.1 Å². The first kappa shape index (κ1) is 12.6. The summed E-state index contributed by atoms with van der Waals surface area (Å²) in [5.41, 5.74) is 5.92. The van der Waals surface area contributed by atoms with Crippen LogP contribution in [0.25, 0.3) is 0 Å². The first-order valence-electron chi connectivity index (χ1n) is 5.94. The van der Waals surface area contributed by atoms with Crippen LogP contribution in [0.5, 0.6) is 0 Å². The maximum Gasteiger partial charge on any atom is 0.251 e. The lowest BCUT2D eigenvalue weighted by Crippen LogP contribution is -2.33. The molecular weight excluding hydrogens is 232 g/mol. The van der Waals surface area contributed by atoms with Gasteiger partial charge in [-0.05, 0) is 43.0 Å². The second-order valence-electron chi connectivity index (χ2n) is 4.56. The van der Waals surface area contributed by atoms with Gasteiger partial charge in [0.15, 0.2) is 0 Å². The molecule has 1 saturated carbocycles. The fraction of sp³-hybridized carbons (Fsp3) is 0.385. The number of carbonyl (C=O) groups excluding carboxylic acids is 2. The van der Waals surface area contributed by atoms with E-state index in [-0.39, 0.29) is 12.5 Å². The van der Waals surface area contributed by atoms with E-state index in [1.807, 2.05) is 0 Å². The molecule has 96 valence electrons. The van der Waals surface area contributed by atoms with E-state index in [0.29, 0.717) is 17.0 Å². The van der Waals surface area contributed by atoms with E-state index in [1.165, 1.54) is 12.1 Å². The number of amides is 2. The highest BCUT2D eigenvalue weighted by Crippen LogP contribution is 2.32. The van der Waals surface area contributed by atoms with Crippen molar-refractivity contribution < 1.29 is 14.7 Å². The molecule has 1 unspecified atom stereocenters. The lowest BCUT2D eigenvalue weighted by Gasteiger charge is -2.10. The summed E-state index contributed by atoms with van der Waals surface area (Å²) in [5, 5.41) is 12.3. The van der Waals surface area contributed by atoms with E-state index in [4.69, 9.17) is 5.73 Å². The van der Waals surface area contributed by atoms with Crippen molar-refractivity contribution in [1.82, 2.24) is 5.32 Å². The Morgan fingerprint density at radius 2 is 1.83 bits per heavy atom. The fourth-order valence-corrected chi connectivity index (χ4v) is 1.73. The summed E-state index contributed by atoms with van der Waals surface area (Å²) in [7, 11) is 0. The monoisotopic (exact) mass is 248 g/mol. The SMILES string of the molecule is NC(=O)c1ccc(C(=O)NCC(O)C2CC2)cc1. The van der Waals surface area contributed by atoms with Crippen LogP contribution in [-0.4, -0.2) is 29.6 Å². The summed E-state index contributed by atoms with van der Waals surface area (Å²) in [4.78, 5) is 22.6. The van der Waals surface area contributed by atoms with Crippen LogP contribution in [0.3, 0.4) is 0 Å². The van der Waals surface area contributed by atoms with Crippen LogP contribution >= 0.6 is 0 Å². The first-order chi connectivity index (χ1) is 8.58. The molecule has 1 atom stereocenters. The van der Waals surface area contributed by atoms with Gasteiger partial charge in [-0.3, -0.25) is 9.59 Å². The molecule has 1 aromatic carbocycles. The number of hydrogen-bond acceptors (Lipinski definition) is 3. The minimum atomic E-state index is -0.522. The molecule has 0 aromatic heterocycles. The van der Waals surface area contributed by atoms with Crippen molar-refractivity contribution in [3.05, 3.63) is 35.4 Å². The summed E-state index contributed by atoms with van der Waals surface area (Å²) in [6.45, 7) is 0.265. The van der Waals surface area contributed by atoms with Crippen molar-refractivity contribution in [2.75, 3.05) is 6.54 Å². The minimum absolute atomic E-state index is 0.259. The Labute approximate surface area is 105 Å². The van der Waals surface area contributed by atoms with Crippen molar-refractivity contribution in [2.24, 2.45) is 11.7 Å². The maximum atomic E-state index is 11.7. The molecule has 0 bridgehead atoms. The van der Waals surface area contributed by atoms with Crippen molar-refractivity contribution >= 4 is 11.8 Å². The van der Waals surface area contributed by atoms with Gasteiger partial charge in [0.25, 0.3) is 5.91 Å². The molecule has 0 heterocycles. The summed E-state index contributed by atoms with van der Waals surface area (Å²) < 4.78 is 0. The van der Waals surface area contributed by atoms with Crippen LogP contribution < -0.4 is 11.1 Å². The molecule has 0 radical (unpaired) electrons. The maximum absolute atomic E-state index is 11.7. The van der Waals surface area contributed by atoms with E-state index in [0.717, 1.165) is 12.8 Å². The van der Waals surface area contributed by atoms with Crippen molar-refractivity contribution in [3.63, 3.8) is 0 Å². The molecule has 1 fully saturated rings. The summed E-state index contributed by atoms with van der Waals surface area (Å²) >= 11 is 0. The Balaban J connectivity index is 1.89. The molecule has 1 aliphatic rings. The number of hydrogen-bond donors (Lipinski definition) is 3. The van der Waals surface area contributed by atoms with Crippen LogP contribution in [0.15, 0.2) is 24.3 Å². The number of nitrogens with two attached hydrogens (primary N) is 1. The lowest BCUT2D eigenvalue weighted by molar-refractivity contribution is 0.0900. The summed E-state index contributed by atoms with van der Waals surface area (Å²) in [6.07, 6.45) is 1.60. The second-order valence-corrected chi connectivity index (χ2v) is 4.56. The third kappa shape index (κ3) is 3.07. The minimum Gasteiger partial charge on any atom is -0.391 e. The zero-order valence-corrected chi connectivity index (χ0v) is 9.93. The average Bonchev–Trinajstić information content (AvgIpc) is 3.20. The number of benzene rings is 1. The van der Waals surface area contributed by atoms with Gasteiger partial charge < -0.3 is 16.2 Å². The van der Waals surface area contributed by atoms with Crippen LogP contribution in [0.1, 0.15) is 33.6 Å². The third-order valence-electron chi connectivity index (χ3n) is 3.07. The number of nitrogens with one attached hydrogen (secondary N) is 1. The topological polar surface area (TPSA) is 92.4 Å². The standard InChI is InChI=1S/C13H16N2O3/c14-12(17)9-3-5-10(6-4-9)13(18)15-7-11(16)8-1-2-8/h3-6,8,11,16H,1-2,7H2,(H2,14,17)(H,15,18). The van der Waals surface area contributed by atoms with Gasteiger partial charge in [-0.25, -0.2) is 0 Å². The van der Waals surface area contributed by atoms with Crippen LogP contribution in [0, 0.1) is 5.92 Å². The molecule has 5 heteroatoms. The van der Waals surface area contributed by atoms with Crippen LogP contribution in [0.4, 0.5) is 0 Å². The van der Waals surface area contributed by atoms with Gasteiger partial charge in [0.1, 0.15) is 0 Å². The van der Waals surface area contributed by atoms with E-state index in [9.17, 15) is 14.7 Å². The molecule has 1 aliphatic carbocycles. The van der Waals surface area contributed by atoms with E-state index in [2.05, 4.69) is 5.32 Å². The van der Waals surface area contributed by atoms with Crippen molar-refractivity contribution in [2.45, 2.75) is 18.9 Å². The predicted octanol–water partition coefficient (Wildman–Crippen LogP) is 0.286. The number of rotatable bonds is 5. The predicted molar refractivity (Wildman–Crippen MR) is 66.0 cm³/mol. The fourth-order valence-electron chi connectivity index (χ4n) is 1.73. The molecule has 4 N–H and O–H groups in total. The van der Waals surface area contributed by atoms with E-state index < -0.39 is 12.0 Å². The van der Waals surface area contributed by atoms with Crippen molar-refractivity contribution in [3.8, 4) is 0 Å². The van der Waals surface area contributed by atoms with E-state index >= 15 is 0 Å². The van der Waals surface area contributed by atoms with Gasteiger partial charge in [0.2, 0.25) is 5.91 Å². The summed E-state index contributed by atoms with van der Waals surface area (Å²) in [5.74, 6) is -0.445. The Morgan fingerprint density at radius 1 is 1.28 bits per heavy atom. The molecule has 2 amide bonds. The zero-order chi connectivity index (χ0) is 13.1. The van der Waals surface area contributed by atoms with Gasteiger partial charge in [0, 0.05) is 17.7 Å². The zero-order valence-electron chi connectivity index (χ0n) is 9.93. The molecule has 1 aromatic rings. The Bertz CT molecular complexity index is 452. The Hall–Kier alpha value is -1.88. The van der Waals surface area contributed by atoms with Crippen LogP contribution in [-0.2, 0) is 0 Å². The Morgan fingerprint density at radius 3 is 2.33 bits per heavy atom. The largest absolute Gasteiger partial charge is 0.391 e. The quantitative estimate of drug-likeness (QED) is 0.699. The molecular formula is C13H16N2O3. The van der Waals surface area contributed by atoms with Gasteiger partial charge in [-0.2, -0.15) is 0 Å². The highest BCUT2D eigenvalue weighted by molar-refractivity contribution is 5.97. The van der Waals surface area contributed by atoms with Crippen LogP contribution in [0.2, 0.25) is 0 Å². The molecule has 0 saturated heterocycles. The van der Waals surface area contributed by atoms with Gasteiger partial charge in [-0.15, -0.1) is 0 Å². The molecule has 2 rings (SSSR count). The van der Waals surface area contributed by atoms with Gasteiger partial charge in [-0.1, -0.05) is 0 Å². The smallest absolute Gasteiger partial charge is 0.251 e. The highest BCUT2D eigenvalue weighted by Gasteiger charge is 2.29. The molecule has 18 heavy (non-hydrogen) atoms. The number of aliphatic hydroxyl groups excluding tert-OH is 1. The normalized spacial score (nSPS) is 16.1. The second kappa shape index (κ2) is 5.18. The Kier molecular flexibility index (Phi) is 3.62. The number of carbonyl (C=O) groups is 2. The lowest BCUT2D eigenvalue weighted by atomic mass is 10.1.